The molecule has 0 saturated heterocycles. The van der Waals surface area contributed by atoms with Crippen LogP contribution in [-0.2, 0) is 12.8 Å². The van der Waals surface area contributed by atoms with Gasteiger partial charge in [-0.1, -0.05) is 30.3 Å². The molecule has 0 aliphatic carbocycles. The first kappa shape index (κ1) is 13.3. The van der Waals surface area contributed by atoms with E-state index in [-0.39, 0.29) is 17.0 Å². The van der Waals surface area contributed by atoms with Gasteiger partial charge in [0.05, 0.1) is 0 Å². The molecule has 3 heteroatoms. The molecule has 0 aliphatic rings. The number of rotatable bonds is 3. The van der Waals surface area contributed by atoms with Gasteiger partial charge in [0, 0.05) is 22.8 Å². The van der Waals surface area contributed by atoms with Crippen LogP contribution < -0.4 is 21.5 Å². The van der Waals surface area contributed by atoms with Gasteiger partial charge in [-0.05, 0) is 5.56 Å². The summed E-state index contributed by atoms with van der Waals surface area (Å²) in [7, 11) is 2.03. The Labute approximate surface area is 111 Å². The monoisotopic (exact) mass is 295 g/mol. The normalized spacial score (nSPS) is 9.56. The highest BCUT2D eigenvalue weighted by molar-refractivity contribution is 7.98. The lowest BCUT2D eigenvalue weighted by atomic mass is 10.2. The second-order valence-corrected chi connectivity index (χ2v) is 4.52. The lowest BCUT2D eigenvalue weighted by Crippen LogP contribution is -3.00. The Morgan fingerprint density at radius 3 is 2.25 bits per heavy atom. The molecule has 2 aromatic rings. The van der Waals surface area contributed by atoms with Gasteiger partial charge in [-0.25, -0.2) is 4.57 Å². The quantitative estimate of drug-likeness (QED) is 0.561. The van der Waals surface area contributed by atoms with Gasteiger partial charge in [0.1, 0.15) is 7.05 Å². The number of nitrogens with zero attached hydrogens (tertiary/aromatic N) is 1. The van der Waals surface area contributed by atoms with Gasteiger partial charge in [0.2, 0.25) is 0 Å². The molecular formula is C13H14BrNS. The minimum absolute atomic E-state index is 0. The first-order valence-corrected chi connectivity index (χ1v) is 5.95. The van der Waals surface area contributed by atoms with E-state index >= 15 is 0 Å². The van der Waals surface area contributed by atoms with Gasteiger partial charge in [0.15, 0.2) is 12.4 Å². The van der Waals surface area contributed by atoms with Crippen molar-refractivity contribution >= 4 is 11.8 Å². The fourth-order valence-electron chi connectivity index (χ4n) is 1.32. The predicted octanol–water partition coefficient (Wildman–Crippen LogP) is -0.193. The molecule has 0 radical (unpaired) electrons. The number of benzene rings is 1. The molecule has 1 aromatic carbocycles. The molecule has 0 atom stereocenters. The standard InChI is InChI=1S/C13H14NS.BrH/c1-14-9-7-13(8-10-14)15-11-12-5-3-2-4-6-12;/h2-10H,11H2,1H3;1H/q+1;/p-1. The largest absolute Gasteiger partial charge is 1.00 e. The molecule has 1 aromatic heterocycles. The highest BCUT2D eigenvalue weighted by Gasteiger charge is 1.97. The third-order valence-corrected chi connectivity index (χ3v) is 3.28. The number of hydrogen-bond donors (Lipinski definition) is 0. The molecule has 0 amide bonds. The molecule has 0 N–H and O–H groups in total. The second-order valence-electron chi connectivity index (χ2n) is 3.47. The highest BCUT2D eigenvalue weighted by atomic mass is 79.9. The molecule has 0 aliphatic heterocycles. The number of pyridine rings is 1. The lowest BCUT2D eigenvalue weighted by molar-refractivity contribution is -0.671. The molecule has 0 bridgehead atoms. The maximum atomic E-state index is 2.16. The van der Waals surface area contributed by atoms with Crippen LogP contribution in [0.4, 0.5) is 0 Å². The summed E-state index contributed by atoms with van der Waals surface area (Å²) >= 11 is 1.87. The minimum atomic E-state index is 0. The van der Waals surface area contributed by atoms with Crippen molar-refractivity contribution in [3.63, 3.8) is 0 Å². The highest BCUT2D eigenvalue weighted by Crippen LogP contribution is 2.20. The summed E-state index contributed by atoms with van der Waals surface area (Å²) in [6.07, 6.45) is 4.15. The molecule has 84 valence electrons. The van der Waals surface area contributed by atoms with Gasteiger partial charge in [-0.2, -0.15) is 0 Å². The van der Waals surface area contributed by atoms with Crippen LogP contribution in [0.2, 0.25) is 0 Å². The predicted molar refractivity (Wildman–Crippen MR) is 63.6 cm³/mol. The van der Waals surface area contributed by atoms with Crippen molar-refractivity contribution in [1.29, 1.82) is 0 Å². The number of hydrogen-bond acceptors (Lipinski definition) is 1. The molecule has 2 rings (SSSR count). The minimum Gasteiger partial charge on any atom is -1.00 e. The van der Waals surface area contributed by atoms with Crippen molar-refractivity contribution in [2.75, 3.05) is 0 Å². The summed E-state index contributed by atoms with van der Waals surface area (Å²) in [5, 5.41) is 0. The summed E-state index contributed by atoms with van der Waals surface area (Å²) < 4.78 is 2.05. The zero-order valence-electron chi connectivity index (χ0n) is 9.14. The lowest BCUT2D eigenvalue weighted by Gasteiger charge is -2.00. The first-order valence-electron chi connectivity index (χ1n) is 4.96. The van der Waals surface area contributed by atoms with Crippen LogP contribution in [0.1, 0.15) is 5.56 Å². The van der Waals surface area contributed by atoms with Crippen molar-refractivity contribution in [2.24, 2.45) is 7.05 Å². The summed E-state index contributed by atoms with van der Waals surface area (Å²) in [6.45, 7) is 0. The van der Waals surface area contributed by atoms with Crippen LogP contribution in [0.5, 0.6) is 0 Å². The van der Waals surface area contributed by atoms with Crippen molar-refractivity contribution in [3.8, 4) is 0 Å². The van der Waals surface area contributed by atoms with Crippen LogP contribution in [0.15, 0.2) is 59.8 Å². The fraction of sp³-hybridized carbons (Fsp3) is 0.154. The molecule has 16 heavy (non-hydrogen) atoms. The fourth-order valence-corrected chi connectivity index (χ4v) is 2.16. The molecule has 0 spiro atoms. The Kier molecular flexibility index (Phi) is 5.56. The van der Waals surface area contributed by atoms with Crippen molar-refractivity contribution in [1.82, 2.24) is 0 Å². The summed E-state index contributed by atoms with van der Waals surface area (Å²) in [6, 6.07) is 14.8. The van der Waals surface area contributed by atoms with E-state index in [9.17, 15) is 0 Å². The topological polar surface area (TPSA) is 3.88 Å². The van der Waals surface area contributed by atoms with Crippen LogP contribution >= 0.6 is 11.8 Å². The average Bonchev–Trinajstić information content (AvgIpc) is 2.30. The summed E-state index contributed by atoms with van der Waals surface area (Å²) in [5.41, 5.74) is 1.37. The number of halogens is 1. The molecular weight excluding hydrogens is 282 g/mol. The third kappa shape index (κ3) is 3.99. The Balaban J connectivity index is 0.00000128. The molecule has 1 heterocycles. The van der Waals surface area contributed by atoms with Crippen molar-refractivity contribution in [2.45, 2.75) is 10.6 Å². The molecule has 0 saturated carbocycles. The zero-order chi connectivity index (χ0) is 10.5. The number of thioether (sulfide) groups is 1. The average molecular weight is 296 g/mol. The molecule has 0 unspecified atom stereocenters. The number of aryl methyl sites for hydroxylation is 1. The van der Waals surface area contributed by atoms with Gasteiger partial charge in [-0.3, -0.25) is 0 Å². The van der Waals surface area contributed by atoms with Crippen molar-refractivity contribution in [3.05, 3.63) is 60.4 Å². The van der Waals surface area contributed by atoms with Gasteiger partial charge < -0.3 is 17.0 Å². The number of aromatic nitrogens is 1. The molecule has 0 fully saturated rings. The van der Waals surface area contributed by atoms with E-state index < -0.39 is 0 Å². The molecule has 1 nitrogen and oxygen atoms in total. The van der Waals surface area contributed by atoms with Crippen LogP contribution in [0.3, 0.4) is 0 Å². The van der Waals surface area contributed by atoms with E-state index in [1.54, 1.807) is 0 Å². The first-order chi connectivity index (χ1) is 7.34. The summed E-state index contributed by atoms with van der Waals surface area (Å²) in [5.74, 6) is 1.04. The van der Waals surface area contributed by atoms with E-state index in [1.165, 1.54) is 10.5 Å². The van der Waals surface area contributed by atoms with Gasteiger partial charge in [0.25, 0.3) is 0 Å². The van der Waals surface area contributed by atoms with Crippen LogP contribution in [0.25, 0.3) is 0 Å². The van der Waals surface area contributed by atoms with Crippen molar-refractivity contribution < 1.29 is 21.5 Å². The maximum absolute atomic E-state index is 2.16. The Morgan fingerprint density at radius 2 is 1.62 bits per heavy atom. The van der Waals surface area contributed by atoms with E-state index in [2.05, 4.69) is 54.9 Å². The van der Waals surface area contributed by atoms with Gasteiger partial charge >= 0.3 is 0 Å². The summed E-state index contributed by atoms with van der Waals surface area (Å²) in [4.78, 5) is 1.32. The third-order valence-electron chi connectivity index (χ3n) is 2.20. The SMILES string of the molecule is C[n+]1ccc(SCc2ccccc2)cc1.[Br-]. The Bertz CT molecular complexity index is 414. The van der Waals surface area contributed by atoms with E-state index in [4.69, 9.17) is 0 Å². The Morgan fingerprint density at radius 1 is 1.00 bits per heavy atom. The van der Waals surface area contributed by atoms with E-state index in [0.717, 1.165) is 5.75 Å². The van der Waals surface area contributed by atoms with E-state index in [0.29, 0.717) is 0 Å². The second kappa shape index (κ2) is 6.71. The maximum Gasteiger partial charge on any atom is 0.169 e. The smallest absolute Gasteiger partial charge is 0.169 e. The van der Waals surface area contributed by atoms with Crippen LogP contribution in [0, 0.1) is 0 Å². The van der Waals surface area contributed by atoms with E-state index in [1.807, 2.05) is 23.4 Å². The van der Waals surface area contributed by atoms with Crippen LogP contribution in [-0.4, -0.2) is 0 Å². The Hall–Kier alpha value is -0.800. The zero-order valence-corrected chi connectivity index (χ0v) is 11.5. The van der Waals surface area contributed by atoms with Gasteiger partial charge in [-0.15, -0.1) is 11.8 Å².